The molecule has 0 fully saturated rings. The van der Waals surface area contributed by atoms with E-state index in [-0.39, 0.29) is 16.9 Å². The molecule has 0 radical (unpaired) electrons. The molecule has 0 heterocycles. The van der Waals surface area contributed by atoms with Gasteiger partial charge in [-0.15, -0.1) is 0 Å². The number of nitro benzene ring substituents is 1. The summed E-state index contributed by atoms with van der Waals surface area (Å²) in [5.41, 5.74) is 0.248. The van der Waals surface area contributed by atoms with Crippen molar-refractivity contribution < 1.29 is 19.6 Å². The minimum absolute atomic E-state index is 0.207. The Morgan fingerprint density at radius 2 is 2.05 bits per heavy atom. The molecular formula is C14H11ClN2O5. The molecule has 0 spiro atoms. The largest absolute Gasteiger partial charge is 0.495 e. The quantitative estimate of drug-likeness (QED) is 0.643. The number of ether oxygens (including phenoxy) is 1. The first-order chi connectivity index (χ1) is 10.4. The molecular weight excluding hydrogens is 312 g/mol. The lowest BCUT2D eigenvalue weighted by Gasteiger charge is -2.11. The van der Waals surface area contributed by atoms with Crippen LogP contribution in [0.2, 0.25) is 5.02 Å². The van der Waals surface area contributed by atoms with Crippen molar-refractivity contribution in [3.8, 4) is 5.75 Å². The maximum absolute atomic E-state index is 11.2. The SMILES string of the molecule is COc1ccc(Nc2ccc([N+](=O)[O-])cc2C(=O)O)cc1Cl. The van der Waals surface area contributed by atoms with Crippen LogP contribution >= 0.6 is 11.6 Å². The number of aromatic carboxylic acids is 1. The Morgan fingerprint density at radius 1 is 1.32 bits per heavy atom. The second kappa shape index (κ2) is 6.31. The van der Waals surface area contributed by atoms with Gasteiger partial charge in [-0.25, -0.2) is 4.79 Å². The highest BCUT2D eigenvalue weighted by Gasteiger charge is 2.16. The van der Waals surface area contributed by atoms with Crippen molar-refractivity contribution in [1.29, 1.82) is 0 Å². The number of halogens is 1. The van der Waals surface area contributed by atoms with E-state index in [4.69, 9.17) is 16.3 Å². The molecule has 0 saturated carbocycles. The van der Waals surface area contributed by atoms with Crippen molar-refractivity contribution in [2.75, 3.05) is 12.4 Å². The van der Waals surface area contributed by atoms with Crippen LogP contribution in [0.1, 0.15) is 10.4 Å². The van der Waals surface area contributed by atoms with Gasteiger partial charge in [-0.2, -0.15) is 0 Å². The summed E-state index contributed by atoms with van der Waals surface area (Å²) in [7, 11) is 1.48. The standard InChI is InChI=1S/C14H11ClN2O5/c1-22-13-5-2-8(6-11(13)15)16-12-4-3-9(17(20)21)7-10(12)14(18)19/h2-7,16H,1H3,(H,18,19). The molecule has 0 bridgehead atoms. The molecule has 0 aromatic heterocycles. The minimum Gasteiger partial charge on any atom is -0.495 e. The molecule has 8 heteroatoms. The van der Waals surface area contributed by atoms with Crippen LogP contribution in [0.15, 0.2) is 36.4 Å². The normalized spacial score (nSPS) is 10.1. The van der Waals surface area contributed by atoms with E-state index < -0.39 is 10.9 Å². The van der Waals surface area contributed by atoms with Gasteiger partial charge in [-0.3, -0.25) is 10.1 Å². The summed E-state index contributed by atoms with van der Waals surface area (Å²) in [4.78, 5) is 21.3. The van der Waals surface area contributed by atoms with E-state index in [1.165, 1.54) is 19.2 Å². The molecule has 0 aliphatic carbocycles. The zero-order chi connectivity index (χ0) is 16.3. The number of hydrogen-bond donors (Lipinski definition) is 2. The van der Waals surface area contributed by atoms with Gasteiger partial charge >= 0.3 is 5.97 Å². The third kappa shape index (κ3) is 3.26. The van der Waals surface area contributed by atoms with Crippen LogP contribution in [0.4, 0.5) is 17.1 Å². The molecule has 22 heavy (non-hydrogen) atoms. The van der Waals surface area contributed by atoms with Gasteiger partial charge in [0.15, 0.2) is 0 Å². The summed E-state index contributed by atoms with van der Waals surface area (Å²) in [6, 6.07) is 8.39. The highest BCUT2D eigenvalue weighted by molar-refractivity contribution is 6.32. The van der Waals surface area contributed by atoms with Crippen molar-refractivity contribution in [2.45, 2.75) is 0 Å². The molecule has 114 valence electrons. The monoisotopic (exact) mass is 322 g/mol. The molecule has 2 rings (SSSR count). The van der Waals surface area contributed by atoms with Crippen LogP contribution in [0.25, 0.3) is 0 Å². The third-order valence-corrected chi connectivity index (χ3v) is 3.17. The van der Waals surface area contributed by atoms with E-state index in [0.717, 1.165) is 6.07 Å². The average Bonchev–Trinajstić information content (AvgIpc) is 2.47. The van der Waals surface area contributed by atoms with Gasteiger partial charge in [0.25, 0.3) is 5.69 Å². The number of nitro groups is 1. The number of nitrogens with one attached hydrogen (secondary N) is 1. The maximum atomic E-state index is 11.2. The average molecular weight is 323 g/mol. The van der Waals surface area contributed by atoms with Crippen LogP contribution in [-0.2, 0) is 0 Å². The molecule has 0 atom stereocenters. The minimum atomic E-state index is -1.27. The number of hydrogen-bond acceptors (Lipinski definition) is 5. The fourth-order valence-corrected chi connectivity index (χ4v) is 2.09. The van der Waals surface area contributed by atoms with Crippen LogP contribution in [0.5, 0.6) is 5.75 Å². The van der Waals surface area contributed by atoms with Crippen LogP contribution in [0, 0.1) is 10.1 Å². The van der Waals surface area contributed by atoms with E-state index >= 15 is 0 Å². The lowest BCUT2D eigenvalue weighted by atomic mass is 10.1. The van der Waals surface area contributed by atoms with Crippen molar-refractivity contribution in [3.63, 3.8) is 0 Å². The maximum Gasteiger partial charge on any atom is 0.338 e. The Hall–Kier alpha value is -2.80. The van der Waals surface area contributed by atoms with Gasteiger partial charge in [0.2, 0.25) is 0 Å². The zero-order valence-electron chi connectivity index (χ0n) is 11.4. The predicted octanol–water partition coefficient (Wildman–Crippen LogP) is 3.70. The molecule has 2 aromatic rings. The smallest absolute Gasteiger partial charge is 0.338 e. The summed E-state index contributed by atoms with van der Waals surface area (Å²) >= 11 is 5.99. The number of carbonyl (C=O) groups is 1. The van der Waals surface area contributed by atoms with Crippen LogP contribution < -0.4 is 10.1 Å². The van der Waals surface area contributed by atoms with E-state index in [0.29, 0.717) is 16.5 Å². The highest BCUT2D eigenvalue weighted by Crippen LogP contribution is 2.30. The van der Waals surface area contributed by atoms with Gasteiger partial charge in [-0.1, -0.05) is 11.6 Å². The Kier molecular flexibility index (Phi) is 4.47. The number of benzene rings is 2. The molecule has 0 aliphatic rings. The number of carboxylic acids is 1. The van der Waals surface area contributed by atoms with Crippen molar-refractivity contribution in [2.24, 2.45) is 0 Å². The van der Waals surface area contributed by atoms with E-state index in [9.17, 15) is 20.0 Å². The summed E-state index contributed by atoms with van der Waals surface area (Å²) < 4.78 is 5.03. The van der Waals surface area contributed by atoms with Gasteiger partial charge < -0.3 is 15.2 Å². The summed E-state index contributed by atoms with van der Waals surface area (Å²) in [6.45, 7) is 0. The van der Waals surface area contributed by atoms with Crippen molar-refractivity contribution in [3.05, 3.63) is 57.1 Å². The van der Waals surface area contributed by atoms with E-state index in [1.807, 2.05) is 0 Å². The summed E-state index contributed by atoms with van der Waals surface area (Å²) in [5.74, 6) is -0.791. The molecule has 0 saturated heterocycles. The van der Waals surface area contributed by atoms with E-state index in [2.05, 4.69) is 5.32 Å². The lowest BCUT2D eigenvalue weighted by molar-refractivity contribution is -0.384. The van der Waals surface area contributed by atoms with E-state index in [1.54, 1.807) is 18.2 Å². The van der Waals surface area contributed by atoms with Crippen molar-refractivity contribution in [1.82, 2.24) is 0 Å². The first kappa shape index (κ1) is 15.6. The third-order valence-electron chi connectivity index (χ3n) is 2.88. The Labute approximate surface area is 130 Å². The van der Waals surface area contributed by atoms with Gasteiger partial charge in [0.05, 0.1) is 28.3 Å². The Morgan fingerprint density at radius 3 is 2.59 bits per heavy atom. The first-order valence-corrected chi connectivity index (χ1v) is 6.42. The number of carboxylic acid groups (broad SMARTS) is 1. The van der Waals surface area contributed by atoms with Gasteiger partial charge in [0.1, 0.15) is 5.75 Å². The highest BCUT2D eigenvalue weighted by atomic mass is 35.5. The molecule has 0 aliphatic heterocycles. The molecule has 0 amide bonds. The number of nitrogens with zero attached hydrogens (tertiary/aromatic N) is 1. The topological polar surface area (TPSA) is 102 Å². The molecule has 2 N–H and O–H groups in total. The molecule has 7 nitrogen and oxygen atoms in total. The Bertz CT molecular complexity index is 748. The van der Waals surface area contributed by atoms with Crippen LogP contribution in [-0.4, -0.2) is 23.1 Å². The number of methoxy groups -OCH3 is 1. The number of anilines is 2. The van der Waals surface area contributed by atoms with Gasteiger partial charge in [-0.05, 0) is 24.3 Å². The Balaban J connectivity index is 2.38. The van der Waals surface area contributed by atoms with Crippen LogP contribution in [0.3, 0.4) is 0 Å². The second-order valence-corrected chi connectivity index (χ2v) is 4.67. The summed E-state index contributed by atoms with van der Waals surface area (Å²) in [5, 5.41) is 23.1. The van der Waals surface area contributed by atoms with Gasteiger partial charge in [0, 0.05) is 17.8 Å². The number of non-ortho nitro benzene ring substituents is 1. The number of rotatable bonds is 5. The molecule has 0 unspecified atom stereocenters. The fraction of sp³-hybridized carbons (Fsp3) is 0.0714. The summed E-state index contributed by atoms with van der Waals surface area (Å²) in [6.07, 6.45) is 0. The van der Waals surface area contributed by atoms with Crippen molar-refractivity contribution >= 4 is 34.6 Å². The predicted molar refractivity (Wildman–Crippen MR) is 81.3 cm³/mol. The zero-order valence-corrected chi connectivity index (χ0v) is 12.1. The fourth-order valence-electron chi connectivity index (χ4n) is 1.83. The first-order valence-electron chi connectivity index (χ1n) is 6.04. The lowest BCUT2D eigenvalue weighted by Crippen LogP contribution is -2.04. The second-order valence-electron chi connectivity index (χ2n) is 4.27. The molecule has 2 aromatic carbocycles.